The molecule has 2 aromatic heterocycles. The van der Waals surface area contributed by atoms with Crippen molar-refractivity contribution in [2.24, 2.45) is 0 Å². The van der Waals surface area contributed by atoms with Crippen LogP contribution in [0.2, 0.25) is 0 Å². The van der Waals surface area contributed by atoms with Crippen molar-refractivity contribution in [3.05, 3.63) is 43.4 Å². The van der Waals surface area contributed by atoms with Gasteiger partial charge >= 0.3 is 24.1 Å². The average molecular weight is 444 g/mol. The van der Waals surface area contributed by atoms with Gasteiger partial charge in [-0.15, -0.1) is 0 Å². The molecule has 164 valence electrons. The smallest absolute Gasteiger partial charge is 0.384 e. The third kappa shape index (κ3) is 4.06. The molecule has 0 aromatic carbocycles. The van der Waals surface area contributed by atoms with E-state index in [0.717, 1.165) is 0 Å². The largest absolute Gasteiger partial charge is 0.466 e. The fourth-order valence-electron chi connectivity index (χ4n) is 3.21. The van der Waals surface area contributed by atoms with Crippen LogP contribution in [0.4, 0.5) is 38.1 Å². The fourth-order valence-corrected chi connectivity index (χ4v) is 3.21. The van der Waals surface area contributed by atoms with E-state index >= 15 is 0 Å². The van der Waals surface area contributed by atoms with Gasteiger partial charge in [-0.3, -0.25) is 20.2 Å². The molecule has 0 spiro atoms. The molecule has 2 aromatic rings. The number of alkyl halides is 6. The van der Waals surface area contributed by atoms with Gasteiger partial charge in [0.05, 0.1) is 0 Å². The van der Waals surface area contributed by atoms with Gasteiger partial charge in [-0.05, 0) is 25.7 Å². The predicted molar refractivity (Wildman–Crippen MR) is 80.3 cm³/mol. The molecular formula is C14H10F6N4O6. The molecule has 1 aliphatic rings. The second kappa shape index (κ2) is 7.24. The number of halogens is 6. The third-order valence-corrected chi connectivity index (χ3v) is 4.55. The molecule has 2 heterocycles. The normalized spacial score (nSPS) is 20.3. The summed E-state index contributed by atoms with van der Waals surface area (Å²) in [7, 11) is 0. The summed E-state index contributed by atoms with van der Waals surface area (Å²) in [5, 5.41) is 21.6. The Morgan fingerprint density at radius 1 is 0.733 bits per heavy atom. The average Bonchev–Trinajstić information content (AvgIpc) is 3.26. The molecule has 0 unspecified atom stereocenters. The van der Waals surface area contributed by atoms with Crippen molar-refractivity contribution < 1.29 is 45.0 Å². The minimum Gasteiger partial charge on any atom is -0.384 e. The molecule has 0 bridgehead atoms. The highest BCUT2D eigenvalue weighted by atomic mass is 19.4. The lowest BCUT2D eigenvalue weighted by atomic mass is 9.82. The van der Waals surface area contributed by atoms with Crippen LogP contribution in [-0.4, -0.2) is 19.8 Å². The van der Waals surface area contributed by atoms with Gasteiger partial charge in [-0.1, -0.05) is 0 Å². The van der Waals surface area contributed by atoms with Crippen LogP contribution >= 0.6 is 0 Å². The van der Waals surface area contributed by atoms with Crippen molar-refractivity contribution in [3.63, 3.8) is 0 Å². The molecule has 1 fully saturated rings. The first-order valence-corrected chi connectivity index (χ1v) is 8.23. The SMILES string of the molecule is O=[N+]([O-])c1oc(C2CCC(c3nc(C(F)(F)F)c([N+](=O)[O-])o3)CC2)nc1C(F)(F)F. The first-order chi connectivity index (χ1) is 13.8. The molecule has 0 saturated heterocycles. The van der Waals surface area contributed by atoms with E-state index in [4.69, 9.17) is 0 Å². The first-order valence-electron chi connectivity index (χ1n) is 8.23. The van der Waals surface area contributed by atoms with Gasteiger partial charge in [0.2, 0.25) is 11.8 Å². The third-order valence-electron chi connectivity index (χ3n) is 4.55. The number of nitrogens with zero attached hydrogens (tertiary/aromatic N) is 4. The Balaban J connectivity index is 1.79. The van der Waals surface area contributed by atoms with Crippen molar-refractivity contribution in [1.82, 2.24) is 9.97 Å². The molecule has 0 radical (unpaired) electrons. The summed E-state index contributed by atoms with van der Waals surface area (Å²) >= 11 is 0. The standard InChI is InChI=1S/C14H10F6N4O6/c15-13(16,17)7-11(23(25)26)29-9(21-7)5-1-2-6(4-3-5)10-22-8(14(18,19)20)12(30-10)24(27)28/h5-6H,1-4H2. The molecule has 0 N–H and O–H groups in total. The Bertz CT molecular complexity index is 894. The van der Waals surface area contributed by atoms with E-state index in [-0.39, 0.29) is 25.7 Å². The fraction of sp³-hybridized carbons (Fsp3) is 0.571. The Morgan fingerprint density at radius 3 is 1.23 bits per heavy atom. The molecule has 10 nitrogen and oxygen atoms in total. The lowest BCUT2D eigenvalue weighted by Crippen LogP contribution is -2.14. The molecule has 1 aliphatic carbocycles. The lowest BCUT2D eigenvalue weighted by Gasteiger charge is -2.24. The summed E-state index contributed by atoms with van der Waals surface area (Å²) in [6.45, 7) is 0. The van der Waals surface area contributed by atoms with E-state index in [0.29, 0.717) is 0 Å². The number of aromatic nitrogens is 2. The number of hydrogen-bond acceptors (Lipinski definition) is 8. The predicted octanol–water partition coefficient (Wildman–Crippen LogP) is 4.96. The van der Waals surface area contributed by atoms with Crippen molar-refractivity contribution >= 4 is 11.8 Å². The maximum Gasteiger partial charge on any atom is 0.466 e. The monoisotopic (exact) mass is 444 g/mol. The molecular weight excluding hydrogens is 434 g/mol. The van der Waals surface area contributed by atoms with Crippen molar-refractivity contribution in [2.75, 3.05) is 0 Å². The van der Waals surface area contributed by atoms with Gasteiger partial charge in [0, 0.05) is 11.8 Å². The number of rotatable bonds is 4. The van der Waals surface area contributed by atoms with E-state index in [1.165, 1.54) is 0 Å². The summed E-state index contributed by atoms with van der Waals surface area (Å²) in [6.07, 6.45) is -10.1. The van der Waals surface area contributed by atoms with Gasteiger partial charge in [0.15, 0.2) is 0 Å². The highest BCUT2D eigenvalue weighted by Gasteiger charge is 2.47. The Kier molecular flexibility index (Phi) is 5.19. The molecule has 0 atom stereocenters. The summed E-state index contributed by atoms with van der Waals surface area (Å²) < 4.78 is 86.6. The van der Waals surface area contributed by atoms with Gasteiger partial charge in [-0.25, -0.2) is 9.97 Å². The molecule has 1 saturated carbocycles. The summed E-state index contributed by atoms with van der Waals surface area (Å²) in [5.74, 6) is -5.63. The zero-order valence-electron chi connectivity index (χ0n) is 14.5. The second-order valence-electron chi connectivity index (χ2n) is 6.47. The van der Waals surface area contributed by atoms with Gasteiger partial charge in [-0.2, -0.15) is 26.3 Å². The maximum atomic E-state index is 12.9. The van der Waals surface area contributed by atoms with Crippen LogP contribution in [0, 0.1) is 20.2 Å². The topological polar surface area (TPSA) is 138 Å². The zero-order chi connectivity index (χ0) is 22.4. The summed E-state index contributed by atoms with van der Waals surface area (Å²) in [5.41, 5.74) is -3.55. The molecule has 30 heavy (non-hydrogen) atoms. The molecule has 16 heteroatoms. The van der Waals surface area contributed by atoms with Crippen LogP contribution in [0.15, 0.2) is 8.83 Å². The minimum absolute atomic E-state index is 0.0388. The Hall–Kier alpha value is -3.20. The number of oxazole rings is 2. The van der Waals surface area contributed by atoms with Crippen molar-refractivity contribution in [1.29, 1.82) is 0 Å². The van der Waals surface area contributed by atoms with Crippen LogP contribution in [0.5, 0.6) is 0 Å². The zero-order valence-corrected chi connectivity index (χ0v) is 14.5. The van der Waals surface area contributed by atoms with E-state index < -0.39 is 69.0 Å². The van der Waals surface area contributed by atoms with Gasteiger partial charge in [0.25, 0.3) is 11.4 Å². The summed E-state index contributed by atoms with van der Waals surface area (Å²) in [4.78, 5) is 25.2. The van der Waals surface area contributed by atoms with E-state index in [1.54, 1.807) is 0 Å². The lowest BCUT2D eigenvalue weighted by molar-refractivity contribution is -0.406. The van der Waals surface area contributed by atoms with Crippen LogP contribution < -0.4 is 0 Å². The Morgan fingerprint density at radius 2 is 1.03 bits per heavy atom. The minimum atomic E-state index is -5.10. The van der Waals surface area contributed by atoms with Gasteiger partial charge < -0.3 is 8.83 Å². The van der Waals surface area contributed by atoms with Crippen molar-refractivity contribution in [3.8, 4) is 0 Å². The van der Waals surface area contributed by atoms with Crippen LogP contribution in [-0.2, 0) is 12.4 Å². The quantitative estimate of drug-likeness (QED) is 0.366. The maximum absolute atomic E-state index is 12.9. The van der Waals surface area contributed by atoms with Crippen LogP contribution in [0.3, 0.4) is 0 Å². The number of hydrogen-bond donors (Lipinski definition) is 0. The first kappa shape index (κ1) is 21.5. The second-order valence-corrected chi connectivity index (χ2v) is 6.47. The van der Waals surface area contributed by atoms with E-state index in [9.17, 15) is 46.6 Å². The van der Waals surface area contributed by atoms with Crippen molar-refractivity contribution in [2.45, 2.75) is 49.9 Å². The van der Waals surface area contributed by atoms with Crippen LogP contribution in [0.1, 0.15) is 60.7 Å². The van der Waals surface area contributed by atoms with E-state index in [1.807, 2.05) is 0 Å². The molecule has 0 amide bonds. The number of nitro groups is 2. The highest BCUT2D eigenvalue weighted by molar-refractivity contribution is 5.28. The van der Waals surface area contributed by atoms with Gasteiger partial charge in [0.1, 0.15) is 9.85 Å². The van der Waals surface area contributed by atoms with E-state index in [2.05, 4.69) is 18.8 Å². The summed E-state index contributed by atoms with van der Waals surface area (Å²) in [6, 6.07) is 0. The highest BCUT2D eigenvalue weighted by Crippen LogP contribution is 2.45. The van der Waals surface area contributed by atoms with Crippen LogP contribution in [0.25, 0.3) is 0 Å². The molecule has 3 rings (SSSR count). The Labute approximate surface area is 161 Å². The molecule has 0 aliphatic heterocycles.